The second-order valence-electron chi connectivity index (χ2n) is 8.31. The summed E-state index contributed by atoms with van der Waals surface area (Å²) in [6.45, 7) is 1.52. The van der Waals surface area contributed by atoms with Gasteiger partial charge in [0.05, 0.1) is 10.7 Å². The van der Waals surface area contributed by atoms with Gasteiger partial charge in [0.1, 0.15) is 27.1 Å². The van der Waals surface area contributed by atoms with E-state index in [1.54, 1.807) is 0 Å². The largest absolute Gasteiger partial charge is 0.394 e. The van der Waals surface area contributed by atoms with Crippen LogP contribution in [0.15, 0.2) is 42.5 Å². The lowest BCUT2D eigenvalue weighted by atomic mass is 9.87. The third-order valence-corrected chi connectivity index (χ3v) is 8.04. The Morgan fingerprint density at radius 3 is 2.22 bits per heavy atom. The van der Waals surface area contributed by atoms with Gasteiger partial charge in [-0.15, -0.1) is 0 Å². The van der Waals surface area contributed by atoms with Crippen LogP contribution in [0.3, 0.4) is 0 Å². The number of hydrogen-bond acceptors (Lipinski definition) is 3. The maximum Gasteiger partial charge on any atom is 0.256 e. The van der Waals surface area contributed by atoms with E-state index < -0.39 is 50.6 Å². The molecule has 4 rings (SSSR count). The van der Waals surface area contributed by atoms with Gasteiger partial charge in [0, 0.05) is 16.5 Å². The van der Waals surface area contributed by atoms with Crippen LogP contribution in [-0.2, 0) is 10.2 Å². The van der Waals surface area contributed by atoms with Crippen molar-refractivity contribution in [2.75, 3.05) is 11.1 Å². The van der Waals surface area contributed by atoms with Crippen LogP contribution in [0.2, 0.25) is 10.0 Å². The molecule has 36 heavy (non-hydrogen) atoms. The lowest BCUT2D eigenvalue weighted by Gasteiger charge is -2.19. The van der Waals surface area contributed by atoms with Crippen molar-refractivity contribution in [3.8, 4) is 0 Å². The molecule has 0 saturated heterocycles. The lowest BCUT2D eigenvalue weighted by molar-refractivity contribution is -0.120. The Hall–Kier alpha value is -2.65. The molecule has 1 aliphatic rings. The minimum Gasteiger partial charge on any atom is -0.394 e. The van der Waals surface area contributed by atoms with Crippen LogP contribution in [0.4, 0.5) is 24.5 Å². The fourth-order valence-electron chi connectivity index (χ4n) is 4.36. The number of hydrogen-bond donors (Lipinski definition) is 3. The number of nitrogen functional groups attached to an aromatic ring is 1. The number of primary amides is 1. The van der Waals surface area contributed by atoms with Crippen molar-refractivity contribution in [1.82, 2.24) is 0 Å². The molecule has 1 saturated carbocycles. The number of nitrogens with two attached hydrogens (primary N) is 2. The molecular weight excluding hydrogens is 561 g/mol. The molecule has 12 heteroatoms. The van der Waals surface area contributed by atoms with Crippen LogP contribution in [0.1, 0.15) is 33.0 Å². The molecule has 5 N–H and O–H groups in total. The van der Waals surface area contributed by atoms with Gasteiger partial charge in [0.2, 0.25) is 5.91 Å². The molecule has 0 bridgehead atoms. The topological polar surface area (TPSA) is 98.2 Å². The number of rotatable bonds is 5. The van der Waals surface area contributed by atoms with E-state index in [9.17, 15) is 22.8 Å². The Morgan fingerprint density at radius 1 is 0.972 bits per heavy atom. The molecule has 3 aromatic carbocycles. The van der Waals surface area contributed by atoms with Crippen molar-refractivity contribution in [3.05, 3.63) is 92.2 Å². The summed E-state index contributed by atoms with van der Waals surface area (Å²) in [6.07, 6.45) is 0. The first-order valence-electron chi connectivity index (χ1n) is 10.2. The van der Waals surface area contributed by atoms with E-state index in [1.165, 1.54) is 31.2 Å². The van der Waals surface area contributed by atoms with E-state index in [0.29, 0.717) is 5.56 Å². The van der Waals surface area contributed by atoms with Crippen molar-refractivity contribution in [3.63, 3.8) is 0 Å². The summed E-state index contributed by atoms with van der Waals surface area (Å²) < 4.78 is 39.8. The average Bonchev–Trinajstić information content (AvgIpc) is 3.34. The molecule has 2 amide bonds. The zero-order valence-electron chi connectivity index (χ0n) is 18.2. The molecule has 0 spiro atoms. The molecule has 0 radical (unpaired) electrons. The fourth-order valence-corrected chi connectivity index (χ4v) is 5.86. The van der Waals surface area contributed by atoms with Crippen LogP contribution in [-0.4, -0.2) is 16.1 Å². The zero-order chi connectivity index (χ0) is 26.7. The predicted molar refractivity (Wildman–Crippen MR) is 134 cm³/mol. The maximum atomic E-state index is 14.4. The highest BCUT2D eigenvalue weighted by atomic mass is 35.5. The first-order chi connectivity index (χ1) is 16.7. The van der Waals surface area contributed by atoms with Gasteiger partial charge in [0.15, 0.2) is 5.82 Å². The summed E-state index contributed by atoms with van der Waals surface area (Å²) in [5.41, 5.74) is 8.87. The maximum absolute atomic E-state index is 14.4. The number of carbonyl (C=O) groups is 2. The highest BCUT2D eigenvalue weighted by Gasteiger charge is 2.81. The second kappa shape index (κ2) is 9.03. The Bertz CT molecular complexity index is 1450. The van der Waals surface area contributed by atoms with Crippen molar-refractivity contribution in [1.29, 1.82) is 0 Å². The van der Waals surface area contributed by atoms with Crippen molar-refractivity contribution in [2.24, 2.45) is 5.73 Å². The van der Waals surface area contributed by atoms with E-state index in [1.807, 2.05) is 0 Å². The smallest absolute Gasteiger partial charge is 0.256 e. The molecular formula is C24H16Cl4F3N3O2. The summed E-state index contributed by atoms with van der Waals surface area (Å²) >= 11 is 25.4. The number of alkyl halides is 2. The Morgan fingerprint density at radius 2 is 1.61 bits per heavy atom. The van der Waals surface area contributed by atoms with Gasteiger partial charge in [0.25, 0.3) is 5.91 Å². The standard InChI is InChI=1S/C24H16Cl4F3N3O2/c1-9-12(21(35)34-17-5-4-16(30)19(32)18(17)31)7-11(8-13(9)25)23(22(33)36)20(24(23,27)28)10-2-3-15(29)14(26)6-10/h2-8,20H,32H2,1H3,(H2,33,36)(H,34,35). The molecule has 0 aromatic heterocycles. The minimum absolute atomic E-state index is 0.0595. The highest BCUT2D eigenvalue weighted by molar-refractivity contribution is 6.55. The van der Waals surface area contributed by atoms with E-state index >= 15 is 0 Å². The van der Waals surface area contributed by atoms with E-state index in [2.05, 4.69) is 5.32 Å². The summed E-state index contributed by atoms with van der Waals surface area (Å²) in [7, 11) is 0. The van der Waals surface area contributed by atoms with Gasteiger partial charge < -0.3 is 16.8 Å². The summed E-state index contributed by atoms with van der Waals surface area (Å²) in [4.78, 5) is 25.9. The number of anilines is 2. The van der Waals surface area contributed by atoms with Crippen LogP contribution in [0, 0.1) is 24.4 Å². The van der Waals surface area contributed by atoms with Gasteiger partial charge in [-0.25, -0.2) is 13.2 Å². The minimum atomic E-state index is -1.80. The van der Waals surface area contributed by atoms with Crippen LogP contribution < -0.4 is 16.8 Å². The monoisotopic (exact) mass is 575 g/mol. The van der Waals surface area contributed by atoms with Gasteiger partial charge in [-0.05, 0) is 60.0 Å². The molecule has 2 atom stereocenters. The van der Waals surface area contributed by atoms with Gasteiger partial charge in [-0.1, -0.05) is 52.5 Å². The normalized spacial score (nSPS) is 20.2. The molecule has 2 unspecified atom stereocenters. The number of nitrogens with one attached hydrogen (secondary N) is 1. The van der Waals surface area contributed by atoms with E-state index in [-0.39, 0.29) is 32.4 Å². The van der Waals surface area contributed by atoms with Crippen LogP contribution in [0.25, 0.3) is 0 Å². The average molecular weight is 577 g/mol. The fraction of sp³-hybridized carbons (Fsp3) is 0.167. The van der Waals surface area contributed by atoms with Gasteiger partial charge in [-0.3, -0.25) is 9.59 Å². The first kappa shape index (κ1) is 26.4. The quantitative estimate of drug-likeness (QED) is 0.247. The predicted octanol–water partition coefficient (Wildman–Crippen LogP) is 6.25. The van der Waals surface area contributed by atoms with Crippen LogP contribution >= 0.6 is 46.4 Å². The molecule has 0 heterocycles. The first-order valence-corrected chi connectivity index (χ1v) is 11.7. The number of halogens is 7. The third-order valence-electron chi connectivity index (χ3n) is 6.32. The summed E-state index contributed by atoms with van der Waals surface area (Å²) in [5, 5.41) is 2.15. The molecule has 0 aliphatic heterocycles. The summed E-state index contributed by atoms with van der Waals surface area (Å²) in [6, 6.07) is 8.32. The van der Waals surface area contributed by atoms with Gasteiger partial charge >= 0.3 is 0 Å². The third kappa shape index (κ3) is 3.87. The molecule has 1 fully saturated rings. The van der Waals surface area contributed by atoms with Crippen molar-refractivity contribution in [2.45, 2.75) is 22.6 Å². The lowest BCUT2D eigenvalue weighted by Crippen LogP contribution is -2.34. The molecule has 1 aliphatic carbocycles. The second-order valence-corrected chi connectivity index (χ2v) is 10.5. The van der Waals surface area contributed by atoms with Crippen molar-refractivity contribution < 1.29 is 22.8 Å². The molecule has 3 aromatic rings. The Kier molecular flexibility index (Phi) is 6.62. The zero-order valence-corrected chi connectivity index (χ0v) is 21.3. The molecule has 188 valence electrons. The Balaban J connectivity index is 1.82. The SMILES string of the molecule is Cc1c(Cl)cc(C2(C(N)=O)C(c3ccc(F)c(Cl)c3)C2(Cl)Cl)cc1C(=O)Nc1ccc(F)c(N)c1F. The number of benzene rings is 3. The summed E-state index contributed by atoms with van der Waals surface area (Å²) in [5.74, 6) is -5.57. The van der Waals surface area contributed by atoms with E-state index in [4.69, 9.17) is 57.9 Å². The number of amides is 2. The highest BCUT2D eigenvalue weighted by Crippen LogP contribution is 2.74. The van der Waals surface area contributed by atoms with Crippen molar-refractivity contribution >= 4 is 69.6 Å². The molecule has 5 nitrogen and oxygen atoms in total. The Labute approximate surface area is 223 Å². The van der Waals surface area contributed by atoms with Gasteiger partial charge in [-0.2, -0.15) is 0 Å². The van der Waals surface area contributed by atoms with Crippen LogP contribution in [0.5, 0.6) is 0 Å². The number of carbonyl (C=O) groups excluding carboxylic acids is 2. The van der Waals surface area contributed by atoms with E-state index in [0.717, 1.165) is 18.2 Å².